The van der Waals surface area contributed by atoms with Crippen LogP contribution in [0.2, 0.25) is 5.02 Å². The first kappa shape index (κ1) is 18.7. The van der Waals surface area contributed by atoms with Gasteiger partial charge < -0.3 is 15.0 Å². The largest absolute Gasteiger partial charge is 0.495 e. The number of anilines is 1. The van der Waals surface area contributed by atoms with Crippen molar-refractivity contribution < 1.29 is 9.53 Å². The molecule has 3 rings (SSSR count). The number of ether oxygens (including phenoxy) is 1. The van der Waals surface area contributed by atoms with Crippen molar-refractivity contribution in [2.24, 2.45) is 0 Å². The molecule has 0 fully saturated rings. The molecule has 7 heteroatoms. The summed E-state index contributed by atoms with van der Waals surface area (Å²) in [6.07, 6.45) is 3.40. The fourth-order valence-electron chi connectivity index (χ4n) is 2.55. The van der Waals surface area contributed by atoms with E-state index in [1.807, 2.05) is 36.4 Å². The zero-order valence-electron chi connectivity index (χ0n) is 14.8. The zero-order chi connectivity index (χ0) is 19.1. The van der Waals surface area contributed by atoms with Crippen molar-refractivity contribution in [1.29, 1.82) is 0 Å². The number of hydrogen-bond acceptors (Lipinski definition) is 4. The van der Waals surface area contributed by atoms with Gasteiger partial charge in [0.2, 0.25) is 0 Å². The van der Waals surface area contributed by atoms with E-state index in [2.05, 4.69) is 15.3 Å². The summed E-state index contributed by atoms with van der Waals surface area (Å²) in [5, 5.41) is 3.37. The van der Waals surface area contributed by atoms with Crippen molar-refractivity contribution in [2.75, 3.05) is 12.4 Å². The molecule has 27 heavy (non-hydrogen) atoms. The molecule has 0 saturated heterocycles. The molecule has 0 saturated carbocycles. The first-order valence-electron chi connectivity index (χ1n) is 8.35. The van der Waals surface area contributed by atoms with Gasteiger partial charge in [0, 0.05) is 17.4 Å². The number of methoxy groups -OCH3 is 1. The second-order valence-corrected chi connectivity index (χ2v) is 6.21. The highest BCUT2D eigenvalue weighted by Gasteiger charge is 2.18. The van der Waals surface area contributed by atoms with Crippen LogP contribution < -0.4 is 10.1 Å². The lowest BCUT2D eigenvalue weighted by molar-refractivity contribution is 0.205. The molecular weight excluding hydrogens is 364 g/mol. The third-order valence-electron chi connectivity index (χ3n) is 3.85. The number of nitrogens with one attached hydrogen (secondary N) is 1. The van der Waals surface area contributed by atoms with Crippen LogP contribution in [0.25, 0.3) is 0 Å². The minimum absolute atomic E-state index is 0.299. The molecule has 0 aliphatic carbocycles. The molecule has 1 N–H and O–H groups in total. The van der Waals surface area contributed by atoms with Crippen LogP contribution in [0.15, 0.2) is 67.0 Å². The standard InChI is InChI=1S/C20H19ClN4O2/c1-27-19-9-8-15(21)12-18(19)24-20(26)25(13-16-6-2-4-10-22-16)14-17-7-3-5-11-23-17/h2-12H,13-14H2,1H3,(H,24,26). The third kappa shape index (κ3) is 5.18. The highest BCUT2D eigenvalue weighted by Crippen LogP contribution is 2.28. The van der Waals surface area contributed by atoms with Crippen LogP contribution in [0.3, 0.4) is 0 Å². The van der Waals surface area contributed by atoms with Gasteiger partial charge in [0.05, 0.1) is 37.3 Å². The number of aromatic nitrogens is 2. The highest BCUT2D eigenvalue weighted by molar-refractivity contribution is 6.31. The smallest absolute Gasteiger partial charge is 0.322 e. The SMILES string of the molecule is COc1ccc(Cl)cc1NC(=O)N(Cc1ccccn1)Cc1ccccn1. The lowest BCUT2D eigenvalue weighted by Gasteiger charge is -2.23. The molecule has 0 bridgehead atoms. The average molecular weight is 383 g/mol. The number of carbonyl (C=O) groups excluding carboxylic acids is 1. The lowest BCUT2D eigenvalue weighted by atomic mass is 10.2. The number of benzene rings is 1. The second kappa shape index (κ2) is 9.00. The molecule has 0 atom stereocenters. The van der Waals surface area contributed by atoms with Crippen LogP contribution in [0.5, 0.6) is 5.75 Å². The predicted molar refractivity (Wildman–Crippen MR) is 105 cm³/mol. The Hall–Kier alpha value is -3.12. The van der Waals surface area contributed by atoms with Crippen LogP contribution in [0, 0.1) is 0 Å². The van der Waals surface area contributed by atoms with E-state index >= 15 is 0 Å². The number of nitrogens with zero attached hydrogens (tertiary/aromatic N) is 3. The Morgan fingerprint density at radius 3 is 2.19 bits per heavy atom. The molecule has 0 aliphatic rings. The number of halogens is 1. The van der Waals surface area contributed by atoms with Crippen molar-refractivity contribution in [3.63, 3.8) is 0 Å². The number of rotatable bonds is 6. The number of urea groups is 1. The minimum Gasteiger partial charge on any atom is -0.495 e. The predicted octanol–water partition coefficient (Wildman–Crippen LogP) is 4.37. The number of hydrogen-bond donors (Lipinski definition) is 1. The van der Waals surface area contributed by atoms with Gasteiger partial charge in [-0.2, -0.15) is 0 Å². The Labute approximate surface area is 162 Å². The molecule has 0 radical (unpaired) electrons. The molecule has 1 aromatic carbocycles. The molecule has 2 aromatic heterocycles. The summed E-state index contributed by atoms with van der Waals surface area (Å²) < 4.78 is 5.30. The Morgan fingerprint density at radius 2 is 1.67 bits per heavy atom. The van der Waals surface area contributed by atoms with Crippen molar-refractivity contribution in [2.45, 2.75) is 13.1 Å². The Kier molecular flexibility index (Phi) is 6.22. The molecule has 3 aromatic rings. The van der Waals surface area contributed by atoms with Crippen molar-refractivity contribution in [3.05, 3.63) is 83.4 Å². The van der Waals surface area contributed by atoms with Crippen molar-refractivity contribution in [3.8, 4) is 5.75 Å². The Balaban J connectivity index is 1.83. The van der Waals surface area contributed by atoms with E-state index in [0.29, 0.717) is 29.5 Å². The van der Waals surface area contributed by atoms with Crippen molar-refractivity contribution >= 4 is 23.3 Å². The number of amides is 2. The van der Waals surface area contributed by atoms with Crippen LogP contribution in [-0.4, -0.2) is 28.0 Å². The molecule has 0 spiro atoms. The quantitative estimate of drug-likeness (QED) is 0.687. The molecular formula is C20H19ClN4O2. The fraction of sp³-hybridized carbons (Fsp3) is 0.150. The summed E-state index contributed by atoms with van der Waals surface area (Å²) in [5.41, 5.74) is 2.06. The van der Waals surface area contributed by atoms with Crippen molar-refractivity contribution in [1.82, 2.24) is 14.9 Å². The first-order chi connectivity index (χ1) is 13.2. The first-order valence-corrected chi connectivity index (χ1v) is 8.73. The normalized spacial score (nSPS) is 10.3. The van der Waals surface area contributed by atoms with Crippen LogP contribution in [0.4, 0.5) is 10.5 Å². The lowest BCUT2D eigenvalue weighted by Crippen LogP contribution is -2.34. The zero-order valence-corrected chi connectivity index (χ0v) is 15.6. The summed E-state index contributed by atoms with van der Waals surface area (Å²) in [5.74, 6) is 0.531. The van der Waals surface area contributed by atoms with E-state index in [1.54, 1.807) is 42.6 Å². The molecule has 6 nitrogen and oxygen atoms in total. The van der Waals surface area contributed by atoms with Gasteiger partial charge in [-0.05, 0) is 42.5 Å². The maximum absolute atomic E-state index is 13.0. The van der Waals surface area contributed by atoms with Gasteiger partial charge >= 0.3 is 6.03 Å². The van der Waals surface area contributed by atoms with Gasteiger partial charge in [-0.15, -0.1) is 0 Å². The van der Waals surface area contributed by atoms with E-state index in [9.17, 15) is 4.79 Å². The van der Waals surface area contributed by atoms with Crippen LogP contribution >= 0.6 is 11.6 Å². The van der Waals surface area contributed by atoms with E-state index in [4.69, 9.17) is 16.3 Å². The van der Waals surface area contributed by atoms with E-state index in [0.717, 1.165) is 11.4 Å². The Bertz CT molecular complexity index is 849. The molecule has 2 amide bonds. The molecule has 2 heterocycles. The van der Waals surface area contributed by atoms with Gasteiger partial charge in [0.15, 0.2) is 0 Å². The van der Waals surface area contributed by atoms with Gasteiger partial charge in [-0.3, -0.25) is 9.97 Å². The van der Waals surface area contributed by atoms with Crippen LogP contribution in [0.1, 0.15) is 11.4 Å². The monoisotopic (exact) mass is 382 g/mol. The topological polar surface area (TPSA) is 67.3 Å². The number of pyridine rings is 2. The summed E-state index contributed by atoms with van der Waals surface area (Å²) in [6.45, 7) is 0.679. The van der Waals surface area contributed by atoms with Gasteiger partial charge in [0.25, 0.3) is 0 Å². The molecule has 0 aliphatic heterocycles. The Morgan fingerprint density at radius 1 is 1.04 bits per heavy atom. The summed E-state index contributed by atoms with van der Waals surface area (Å²) in [7, 11) is 1.54. The molecule has 138 valence electrons. The van der Waals surface area contributed by atoms with Gasteiger partial charge in [0.1, 0.15) is 5.75 Å². The minimum atomic E-state index is -0.299. The fourth-order valence-corrected chi connectivity index (χ4v) is 2.72. The average Bonchev–Trinajstić information content (AvgIpc) is 2.69. The summed E-state index contributed by atoms with van der Waals surface area (Å²) in [6, 6.07) is 16.0. The van der Waals surface area contributed by atoms with E-state index in [1.165, 1.54) is 0 Å². The van der Waals surface area contributed by atoms with Crippen LogP contribution in [-0.2, 0) is 13.1 Å². The second-order valence-electron chi connectivity index (χ2n) is 5.77. The van der Waals surface area contributed by atoms with Gasteiger partial charge in [-0.1, -0.05) is 23.7 Å². The summed E-state index contributed by atoms with van der Waals surface area (Å²) in [4.78, 5) is 23.2. The molecule has 0 unspecified atom stereocenters. The maximum Gasteiger partial charge on any atom is 0.322 e. The highest BCUT2D eigenvalue weighted by atomic mass is 35.5. The third-order valence-corrected chi connectivity index (χ3v) is 4.08. The number of carbonyl (C=O) groups is 1. The maximum atomic E-state index is 13.0. The van der Waals surface area contributed by atoms with E-state index in [-0.39, 0.29) is 6.03 Å². The van der Waals surface area contributed by atoms with E-state index < -0.39 is 0 Å². The summed E-state index contributed by atoms with van der Waals surface area (Å²) >= 11 is 6.06. The van der Waals surface area contributed by atoms with Gasteiger partial charge in [-0.25, -0.2) is 4.79 Å².